The van der Waals surface area contributed by atoms with Gasteiger partial charge in [-0.05, 0) is 19.3 Å². The van der Waals surface area contributed by atoms with E-state index in [-0.39, 0.29) is 0 Å². The molecule has 0 aromatic rings. The van der Waals surface area contributed by atoms with Gasteiger partial charge in [-0.2, -0.15) is 0 Å². The zero-order valence-corrected chi connectivity index (χ0v) is 8.84. The molecule has 0 aromatic heterocycles. The van der Waals surface area contributed by atoms with Gasteiger partial charge in [0.15, 0.2) is 0 Å². The van der Waals surface area contributed by atoms with Crippen LogP contribution in [0.5, 0.6) is 0 Å². The Morgan fingerprint density at radius 1 is 1.07 bits per heavy atom. The predicted octanol–water partition coefficient (Wildman–Crippen LogP) is 1.67. The Hall–Kier alpha value is -0.120. The Kier molecular flexibility index (Phi) is 4.22. The van der Waals surface area contributed by atoms with Gasteiger partial charge >= 0.3 is 0 Å². The molecule has 0 amide bonds. The lowest BCUT2D eigenvalue weighted by atomic mass is 9.95. The number of hydrogen-bond acceptors (Lipinski definition) is 3. The average Bonchev–Trinajstić information content (AvgIpc) is 2.29. The molecule has 3 heteroatoms. The van der Waals surface area contributed by atoms with E-state index in [1.54, 1.807) is 0 Å². The van der Waals surface area contributed by atoms with E-state index in [2.05, 4.69) is 5.32 Å². The van der Waals surface area contributed by atoms with Gasteiger partial charge < -0.3 is 14.8 Å². The molecule has 3 nitrogen and oxygen atoms in total. The van der Waals surface area contributed by atoms with E-state index in [1.165, 1.54) is 32.1 Å². The first kappa shape index (κ1) is 10.4. The lowest BCUT2D eigenvalue weighted by Crippen LogP contribution is -2.40. The number of rotatable bonds is 3. The Labute approximate surface area is 86.2 Å². The molecule has 1 saturated heterocycles. The first-order valence-electron chi connectivity index (χ1n) is 5.88. The zero-order valence-electron chi connectivity index (χ0n) is 8.84. The molecule has 82 valence electrons. The summed E-state index contributed by atoms with van der Waals surface area (Å²) < 4.78 is 10.6. The van der Waals surface area contributed by atoms with Gasteiger partial charge in [0.05, 0.1) is 12.7 Å². The van der Waals surface area contributed by atoms with Gasteiger partial charge in [-0.3, -0.25) is 0 Å². The lowest BCUT2D eigenvalue weighted by molar-refractivity contribution is -0.137. The maximum absolute atomic E-state index is 5.48. The summed E-state index contributed by atoms with van der Waals surface area (Å²) in [6.45, 7) is 2.35. The van der Waals surface area contributed by atoms with Gasteiger partial charge in [-0.15, -0.1) is 0 Å². The third kappa shape index (κ3) is 3.23. The number of ether oxygens (including phenoxy) is 2. The molecule has 1 aliphatic heterocycles. The Bertz CT molecular complexity index is 133. The predicted molar refractivity (Wildman–Crippen MR) is 55.2 cm³/mol. The average molecular weight is 199 g/mol. The molecule has 2 aliphatic rings. The first-order chi connectivity index (χ1) is 6.95. The van der Waals surface area contributed by atoms with Crippen molar-refractivity contribution >= 4 is 0 Å². The Morgan fingerprint density at radius 2 is 1.93 bits per heavy atom. The summed E-state index contributed by atoms with van der Waals surface area (Å²) in [5.74, 6) is 0. The van der Waals surface area contributed by atoms with E-state index < -0.39 is 0 Å². The summed E-state index contributed by atoms with van der Waals surface area (Å²) in [4.78, 5) is 0. The van der Waals surface area contributed by atoms with Crippen molar-refractivity contribution in [2.75, 3.05) is 19.9 Å². The van der Waals surface area contributed by atoms with Gasteiger partial charge in [-0.25, -0.2) is 0 Å². The zero-order chi connectivity index (χ0) is 9.64. The Balaban J connectivity index is 1.60. The molecule has 1 atom stereocenters. The van der Waals surface area contributed by atoms with E-state index >= 15 is 0 Å². The third-order valence-electron chi connectivity index (χ3n) is 3.21. The Morgan fingerprint density at radius 3 is 2.64 bits per heavy atom. The summed E-state index contributed by atoms with van der Waals surface area (Å²) in [7, 11) is 0. The van der Waals surface area contributed by atoms with Crippen molar-refractivity contribution in [1.29, 1.82) is 0 Å². The lowest BCUT2D eigenvalue weighted by Gasteiger charge is -2.27. The fourth-order valence-corrected chi connectivity index (χ4v) is 2.27. The maximum Gasteiger partial charge on any atom is 0.147 e. The van der Waals surface area contributed by atoms with Crippen LogP contribution in [-0.2, 0) is 9.47 Å². The minimum Gasteiger partial charge on any atom is -0.355 e. The molecule has 2 rings (SSSR count). The second-order valence-corrected chi connectivity index (χ2v) is 4.35. The van der Waals surface area contributed by atoms with Crippen LogP contribution in [0.3, 0.4) is 0 Å². The van der Waals surface area contributed by atoms with Crippen LogP contribution in [0.4, 0.5) is 0 Å². The van der Waals surface area contributed by atoms with Crippen LogP contribution in [0.25, 0.3) is 0 Å². The van der Waals surface area contributed by atoms with Crippen LogP contribution in [0, 0.1) is 0 Å². The molecule has 1 unspecified atom stereocenters. The fraction of sp³-hybridized carbons (Fsp3) is 1.00. The standard InChI is InChI=1S/C11H21NO2/c1-2-4-10(5-3-1)12-8-11-6-7-13-9-14-11/h10-12H,1-9H2. The van der Waals surface area contributed by atoms with Crippen molar-refractivity contribution in [3.63, 3.8) is 0 Å². The summed E-state index contributed by atoms with van der Waals surface area (Å²) in [5.41, 5.74) is 0. The van der Waals surface area contributed by atoms with Crippen LogP contribution in [0.1, 0.15) is 38.5 Å². The first-order valence-corrected chi connectivity index (χ1v) is 5.88. The molecule has 1 saturated carbocycles. The van der Waals surface area contributed by atoms with E-state index in [1.807, 2.05) is 0 Å². The quantitative estimate of drug-likeness (QED) is 0.750. The number of hydrogen-bond donors (Lipinski definition) is 1. The molecule has 14 heavy (non-hydrogen) atoms. The SMILES string of the molecule is C1CCC(NCC2CCOCO2)CC1. The van der Waals surface area contributed by atoms with Crippen LogP contribution in [0.15, 0.2) is 0 Å². The van der Waals surface area contributed by atoms with Crippen molar-refractivity contribution < 1.29 is 9.47 Å². The summed E-state index contributed by atoms with van der Waals surface area (Å²) in [6, 6.07) is 0.746. The van der Waals surface area contributed by atoms with Crippen molar-refractivity contribution in [3.8, 4) is 0 Å². The minimum absolute atomic E-state index is 0.380. The van der Waals surface area contributed by atoms with Gasteiger partial charge in [0.1, 0.15) is 6.79 Å². The third-order valence-corrected chi connectivity index (χ3v) is 3.21. The molecular formula is C11H21NO2. The highest BCUT2D eigenvalue weighted by Gasteiger charge is 2.17. The van der Waals surface area contributed by atoms with Gasteiger partial charge in [0, 0.05) is 12.6 Å². The van der Waals surface area contributed by atoms with Crippen molar-refractivity contribution in [2.45, 2.75) is 50.7 Å². The van der Waals surface area contributed by atoms with Crippen molar-refractivity contribution in [3.05, 3.63) is 0 Å². The van der Waals surface area contributed by atoms with Crippen molar-refractivity contribution in [1.82, 2.24) is 5.32 Å². The highest BCUT2D eigenvalue weighted by atomic mass is 16.7. The topological polar surface area (TPSA) is 30.5 Å². The molecule has 1 aliphatic carbocycles. The van der Waals surface area contributed by atoms with E-state index in [4.69, 9.17) is 9.47 Å². The summed E-state index contributed by atoms with van der Waals surface area (Å²) in [6.07, 6.45) is 8.34. The highest BCUT2D eigenvalue weighted by Crippen LogP contribution is 2.17. The molecule has 1 heterocycles. The van der Waals surface area contributed by atoms with E-state index in [0.717, 1.165) is 25.6 Å². The molecular weight excluding hydrogens is 178 g/mol. The van der Waals surface area contributed by atoms with Gasteiger partial charge in [0.25, 0.3) is 0 Å². The van der Waals surface area contributed by atoms with Gasteiger partial charge in [-0.1, -0.05) is 19.3 Å². The molecule has 2 fully saturated rings. The fourth-order valence-electron chi connectivity index (χ4n) is 2.27. The molecule has 0 bridgehead atoms. The van der Waals surface area contributed by atoms with Gasteiger partial charge in [0.2, 0.25) is 0 Å². The monoisotopic (exact) mass is 199 g/mol. The second kappa shape index (κ2) is 5.69. The maximum atomic E-state index is 5.48. The normalized spacial score (nSPS) is 30.4. The molecule has 1 N–H and O–H groups in total. The summed E-state index contributed by atoms with van der Waals surface area (Å²) in [5, 5.41) is 3.61. The largest absolute Gasteiger partial charge is 0.355 e. The number of nitrogens with one attached hydrogen (secondary N) is 1. The van der Waals surface area contributed by atoms with Crippen LogP contribution >= 0.6 is 0 Å². The van der Waals surface area contributed by atoms with E-state index in [9.17, 15) is 0 Å². The van der Waals surface area contributed by atoms with Crippen LogP contribution in [-0.4, -0.2) is 32.1 Å². The van der Waals surface area contributed by atoms with Crippen molar-refractivity contribution in [2.24, 2.45) is 0 Å². The molecule has 0 spiro atoms. The smallest absolute Gasteiger partial charge is 0.147 e. The molecule has 0 radical (unpaired) electrons. The second-order valence-electron chi connectivity index (χ2n) is 4.35. The van der Waals surface area contributed by atoms with Crippen LogP contribution < -0.4 is 5.32 Å². The molecule has 0 aromatic carbocycles. The highest BCUT2D eigenvalue weighted by molar-refractivity contribution is 4.74. The van der Waals surface area contributed by atoms with Crippen LogP contribution in [0.2, 0.25) is 0 Å². The minimum atomic E-state index is 0.380. The van der Waals surface area contributed by atoms with E-state index in [0.29, 0.717) is 12.9 Å². The summed E-state index contributed by atoms with van der Waals surface area (Å²) >= 11 is 0.